The summed E-state index contributed by atoms with van der Waals surface area (Å²) in [4.78, 5) is 29.1. The second-order valence-corrected chi connectivity index (χ2v) is 6.53. The topological polar surface area (TPSA) is 65.2 Å². The van der Waals surface area contributed by atoms with Crippen molar-refractivity contribution in [1.82, 2.24) is 15.2 Å². The fourth-order valence-electron chi connectivity index (χ4n) is 3.22. The van der Waals surface area contributed by atoms with Crippen LogP contribution < -0.4 is 10.9 Å². The Bertz CT molecular complexity index is 584. The van der Waals surface area contributed by atoms with Gasteiger partial charge in [-0.15, -0.1) is 0 Å². The van der Waals surface area contributed by atoms with E-state index in [2.05, 4.69) is 15.2 Å². The predicted octanol–water partition coefficient (Wildman–Crippen LogP) is 1.54. The number of piperidine rings is 1. The van der Waals surface area contributed by atoms with Crippen LogP contribution in [0.3, 0.4) is 0 Å². The highest BCUT2D eigenvalue weighted by Gasteiger charge is 2.31. The van der Waals surface area contributed by atoms with Crippen LogP contribution in [0, 0.1) is 5.92 Å². The fraction of sp³-hybridized carbons (Fsp3) is 0.647. The molecule has 2 fully saturated rings. The number of nitrogens with zero attached hydrogens (tertiary/aromatic N) is 1. The number of carbonyl (C=O) groups is 1. The van der Waals surface area contributed by atoms with Gasteiger partial charge in [-0.05, 0) is 57.2 Å². The molecule has 3 rings (SSSR count). The fourth-order valence-corrected chi connectivity index (χ4v) is 3.22. The molecule has 0 spiro atoms. The van der Waals surface area contributed by atoms with Crippen LogP contribution in [0.25, 0.3) is 0 Å². The lowest BCUT2D eigenvalue weighted by molar-refractivity contribution is 0.0934. The summed E-state index contributed by atoms with van der Waals surface area (Å²) in [5.74, 6) is 0.428. The molecule has 2 N–H and O–H groups in total. The molecule has 0 radical (unpaired) electrons. The molecule has 2 heterocycles. The van der Waals surface area contributed by atoms with Crippen molar-refractivity contribution in [2.45, 2.75) is 45.1 Å². The van der Waals surface area contributed by atoms with Crippen molar-refractivity contribution in [3.63, 3.8) is 0 Å². The SMILES string of the molecule is CCc1cc(C(=O)NCC2CCN(C3CC3)CC2)cc(=O)[nH]1. The van der Waals surface area contributed by atoms with Crippen LogP contribution >= 0.6 is 0 Å². The van der Waals surface area contributed by atoms with Crippen molar-refractivity contribution in [1.29, 1.82) is 0 Å². The number of pyridine rings is 1. The molecule has 0 unspecified atom stereocenters. The summed E-state index contributed by atoms with van der Waals surface area (Å²) in [6, 6.07) is 4.00. The lowest BCUT2D eigenvalue weighted by Gasteiger charge is -2.32. The Labute approximate surface area is 131 Å². The van der Waals surface area contributed by atoms with Gasteiger partial charge in [-0.3, -0.25) is 9.59 Å². The van der Waals surface area contributed by atoms with Gasteiger partial charge in [0.25, 0.3) is 5.91 Å². The lowest BCUT2D eigenvalue weighted by atomic mass is 9.96. The van der Waals surface area contributed by atoms with Crippen LogP contribution in [0.5, 0.6) is 0 Å². The largest absolute Gasteiger partial charge is 0.352 e. The quantitative estimate of drug-likeness (QED) is 0.867. The van der Waals surface area contributed by atoms with Crippen LogP contribution in [-0.4, -0.2) is 41.5 Å². The van der Waals surface area contributed by atoms with Gasteiger partial charge in [0.15, 0.2) is 0 Å². The molecule has 1 aromatic rings. The van der Waals surface area contributed by atoms with E-state index in [1.54, 1.807) is 6.07 Å². The predicted molar refractivity (Wildman–Crippen MR) is 86.1 cm³/mol. The number of hydrogen-bond acceptors (Lipinski definition) is 3. The van der Waals surface area contributed by atoms with Gasteiger partial charge in [0.1, 0.15) is 0 Å². The molecular formula is C17H25N3O2. The summed E-state index contributed by atoms with van der Waals surface area (Å²) in [6.45, 7) is 5.00. The molecule has 120 valence electrons. The Morgan fingerprint density at radius 1 is 1.27 bits per heavy atom. The molecule has 1 aliphatic carbocycles. The number of aromatic nitrogens is 1. The standard InChI is InChI=1S/C17H25N3O2/c1-2-14-9-13(10-16(21)19-14)17(22)18-11-12-5-7-20(8-6-12)15-3-4-15/h9-10,12,15H,2-8,11H2,1H3,(H,18,22)(H,19,21). The van der Waals surface area contributed by atoms with Gasteiger partial charge in [-0.2, -0.15) is 0 Å². The Balaban J connectivity index is 1.50. The smallest absolute Gasteiger partial charge is 0.251 e. The Morgan fingerprint density at radius 3 is 2.64 bits per heavy atom. The summed E-state index contributed by atoms with van der Waals surface area (Å²) in [5, 5.41) is 3.00. The van der Waals surface area contributed by atoms with Crippen molar-refractivity contribution in [3.8, 4) is 0 Å². The second kappa shape index (κ2) is 6.65. The van der Waals surface area contributed by atoms with Gasteiger partial charge in [-0.25, -0.2) is 0 Å². The first kappa shape index (κ1) is 15.3. The molecule has 5 heteroatoms. The van der Waals surface area contributed by atoms with Crippen molar-refractivity contribution >= 4 is 5.91 Å². The lowest BCUT2D eigenvalue weighted by Crippen LogP contribution is -2.39. The molecule has 0 bridgehead atoms. The maximum Gasteiger partial charge on any atom is 0.251 e. The van der Waals surface area contributed by atoms with E-state index >= 15 is 0 Å². The number of hydrogen-bond donors (Lipinski definition) is 2. The third kappa shape index (κ3) is 3.77. The molecule has 1 saturated carbocycles. The van der Waals surface area contributed by atoms with E-state index in [4.69, 9.17) is 0 Å². The molecule has 1 aliphatic heterocycles. The zero-order valence-electron chi connectivity index (χ0n) is 13.2. The second-order valence-electron chi connectivity index (χ2n) is 6.53. The highest BCUT2D eigenvalue weighted by Crippen LogP contribution is 2.30. The normalized spacial score (nSPS) is 20.0. The number of H-pyrrole nitrogens is 1. The molecule has 1 amide bonds. The summed E-state index contributed by atoms with van der Waals surface area (Å²) >= 11 is 0. The monoisotopic (exact) mass is 303 g/mol. The van der Waals surface area contributed by atoms with E-state index in [9.17, 15) is 9.59 Å². The van der Waals surface area contributed by atoms with Crippen molar-refractivity contribution in [2.75, 3.05) is 19.6 Å². The number of amides is 1. The van der Waals surface area contributed by atoms with E-state index in [1.807, 2.05) is 6.92 Å². The molecule has 22 heavy (non-hydrogen) atoms. The van der Waals surface area contributed by atoms with Crippen LogP contribution in [0.2, 0.25) is 0 Å². The molecule has 2 aliphatic rings. The Kier molecular flexibility index (Phi) is 4.62. The Hall–Kier alpha value is -1.62. The Morgan fingerprint density at radius 2 is 2.00 bits per heavy atom. The average Bonchev–Trinajstić information content (AvgIpc) is 3.37. The number of carbonyl (C=O) groups excluding carboxylic acids is 1. The first-order chi connectivity index (χ1) is 10.7. The van der Waals surface area contributed by atoms with E-state index in [1.165, 1.54) is 18.9 Å². The van der Waals surface area contributed by atoms with Crippen LogP contribution in [0.1, 0.15) is 48.7 Å². The highest BCUT2D eigenvalue weighted by molar-refractivity contribution is 5.94. The number of aryl methyl sites for hydroxylation is 1. The molecule has 0 aromatic carbocycles. The highest BCUT2D eigenvalue weighted by atomic mass is 16.2. The van der Waals surface area contributed by atoms with Crippen molar-refractivity contribution < 1.29 is 4.79 Å². The zero-order chi connectivity index (χ0) is 15.5. The minimum absolute atomic E-state index is 0.134. The van der Waals surface area contributed by atoms with Crippen LogP contribution in [0.15, 0.2) is 16.9 Å². The van der Waals surface area contributed by atoms with E-state index in [-0.39, 0.29) is 11.5 Å². The van der Waals surface area contributed by atoms with E-state index < -0.39 is 0 Å². The van der Waals surface area contributed by atoms with E-state index in [0.29, 0.717) is 18.0 Å². The molecular weight excluding hydrogens is 278 g/mol. The summed E-state index contributed by atoms with van der Waals surface area (Å²) in [7, 11) is 0. The van der Waals surface area contributed by atoms with Gasteiger partial charge in [0, 0.05) is 29.9 Å². The third-order valence-corrected chi connectivity index (χ3v) is 4.81. The van der Waals surface area contributed by atoms with Crippen LogP contribution in [0.4, 0.5) is 0 Å². The zero-order valence-corrected chi connectivity index (χ0v) is 13.2. The molecule has 1 saturated heterocycles. The van der Waals surface area contributed by atoms with E-state index in [0.717, 1.165) is 44.1 Å². The first-order valence-electron chi connectivity index (χ1n) is 8.41. The van der Waals surface area contributed by atoms with Gasteiger partial charge in [0.05, 0.1) is 0 Å². The molecule has 0 atom stereocenters. The third-order valence-electron chi connectivity index (χ3n) is 4.81. The van der Waals surface area contributed by atoms with Gasteiger partial charge in [0.2, 0.25) is 5.56 Å². The van der Waals surface area contributed by atoms with Gasteiger partial charge in [-0.1, -0.05) is 6.92 Å². The maximum atomic E-state index is 12.2. The maximum absolute atomic E-state index is 12.2. The minimum Gasteiger partial charge on any atom is -0.352 e. The van der Waals surface area contributed by atoms with Gasteiger partial charge < -0.3 is 15.2 Å². The molecule has 5 nitrogen and oxygen atoms in total. The summed E-state index contributed by atoms with van der Waals surface area (Å²) in [5.41, 5.74) is 1.06. The number of rotatable bonds is 5. The number of likely N-dealkylation sites (tertiary alicyclic amines) is 1. The van der Waals surface area contributed by atoms with Crippen molar-refractivity contribution in [3.05, 3.63) is 33.7 Å². The molecule has 1 aromatic heterocycles. The van der Waals surface area contributed by atoms with Gasteiger partial charge >= 0.3 is 0 Å². The number of nitrogens with one attached hydrogen (secondary N) is 2. The number of aromatic amines is 1. The minimum atomic E-state index is -0.206. The summed E-state index contributed by atoms with van der Waals surface area (Å²) in [6.07, 6.45) is 5.77. The van der Waals surface area contributed by atoms with Crippen molar-refractivity contribution in [2.24, 2.45) is 5.92 Å². The summed E-state index contributed by atoms with van der Waals surface area (Å²) < 4.78 is 0. The average molecular weight is 303 g/mol. The van der Waals surface area contributed by atoms with Crippen LogP contribution in [-0.2, 0) is 6.42 Å². The first-order valence-corrected chi connectivity index (χ1v) is 8.41.